The van der Waals surface area contributed by atoms with E-state index >= 15 is 0 Å². The quantitative estimate of drug-likeness (QED) is 0.261. The average Bonchev–Trinajstić information content (AvgIpc) is 2.73. The number of esters is 1. The van der Waals surface area contributed by atoms with Crippen molar-refractivity contribution in [3.05, 3.63) is 101 Å². The lowest BCUT2D eigenvalue weighted by molar-refractivity contribution is 0.0734. The monoisotopic (exact) mass is 372 g/mol. The Labute approximate surface area is 164 Å². The summed E-state index contributed by atoms with van der Waals surface area (Å²) in [6.45, 7) is 1.96. The van der Waals surface area contributed by atoms with Gasteiger partial charge in [-0.2, -0.15) is 0 Å². The number of benzene rings is 3. The normalized spacial score (nSPS) is 10.6. The Morgan fingerprint density at radius 3 is 1.93 bits per heavy atom. The van der Waals surface area contributed by atoms with E-state index in [4.69, 9.17) is 9.47 Å². The molecule has 28 heavy (non-hydrogen) atoms. The molecule has 0 aliphatic carbocycles. The summed E-state index contributed by atoms with van der Waals surface area (Å²) in [5, 5.41) is 0. The van der Waals surface area contributed by atoms with Crippen LogP contribution < -0.4 is 9.47 Å². The lowest BCUT2D eigenvalue weighted by Crippen LogP contribution is -2.08. The van der Waals surface area contributed by atoms with Crippen LogP contribution in [0, 0.1) is 6.92 Å². The number of allylic oxidation sites excluding steroid dienone is 1. The molecular weight excluding hydrogens is 352 g/mol. The number of methoxy groups -OCH3 is 1. The summed E-state index contributed by atoms with van der Waals surface area (Å²) in [7, 11) is 1.58. The Hall–Kier alpha value is -3.66. The fraction of sp³-hybridized carbons (Fsp3) is 0.0833. The maximum absolute atomic E-state index is 12.2. The van der Waals surface area contributed by atoms with Gasteiger partial charge in [-0.05, 0) is 67.1 Å². The Morgan fingerprint density at radius 1 is 0.750 bits per heavy atom. The number of ketones is 1. The average molecular weight is 372 g/mol. The van der Waals surface area contributed by atoms with Crippen LogP contribution in [0.5, 0.6) is 11.5 Å². The number of carbonyl (C=O) groups is 2. The van der Waals surface area contributed by atoms with Crippen LogP contribution in [0.25, 0.3) is 6.08 Å². The second-order valence-corrected chi connectivity index (χ2v) is 6.25. The summed E-state index contributed by atoms with van der Waals surface area (Å²) in [4.78, 5) is 24.4. The topological polar surface area (TPSA) is 52.6 Å². The summed E-state index contributed by atoms with van der Waals surface area (Å²) in [6, 6.07) is 21.1. The third kappa shape index (κ3) is 4.95. The molecule has 3 aromatic rings. The van der Waals surface area contributed by atoms with Crippen LogP contribution in [0.15, 0.2) is 78.9 Å². The highest BCUT2D eigenvalue weighted by Crippen LogP contribution is 2.17. The molecule has 3 aromatic carbocycles. The van der Waals surface area contributed by atoms with Crippen molar-refractivity contribution < 1.29 is 19.1 Å². The van der Waals surface area contributed by atoms with Gasteiger partial charge in [-0.15, -0.1) is 0 Å². The standard InChI is InChI=1S/C24H20O4/c1-17-3-8-20(9-4-17)24(26)28-22-12-5-18(6-13-22)7-16-23(25)19-10-14-21(27-2)15-11-19/h3-16H,1-2H3. The van der Waals surface area contributed by atoms with Gasteiger partial charge in [-0.25, -0.2) is 4.79 Å². The molecule has 0 amide bonds. The van der Waals surface area contributed by atoms with Gasteiger partial charge in [0, 0.05) is 5.56 Å². The van der Waals surface area contributed by atoms with Gasteiger partial charge in [0.05, 0.1) is 12.7 Å². The lowest BCUT2D eigenvalue weighted by atomic mass is 10.1. The molecule has 0 spiro atoms. The molecule has 0 aliphatic heterocycles. The van der Waals surface area contributed by atoms with Crippen LogP contribution in [0.2, 0.25) is 0 Å². The van der Waals surface area contributed by atoms with Crippen molar-refractivity contribution in [2.45, 2.75) is 6.92 Å². The molecule has 0 radical (unpaired) electrons. The minimum Gasteiger partial charge on any atom is -0.497 e. The first-order chi connectivity index (χ1) is 13.5. The van der Waals surface area contributed by atoms with Gasteiger partial charge in [-0.3, -0.25) is 4.79 Å². The summed E-state index contributed by atoms with van der Waals surface area (Å²) < 4.78 is 10.5. The van der Waals surface area contributed by atoms with Crippen molar-refractivity contribution in [2.24, 2.45) is 0 Å². The zero-order valence-electron chi connectivity index (χ0n) is 15.7. The van der Waals surface area contributed by atoms with E-state index in [9.17, 15) is 9.59 Å². The number of hydrogen-bond donors (Lipinski definition) is 0. The molecule has 140 valence electrons. The third-order valence-electron chi connectivity index (χ3n) is 4.18. The van der Waals surface area contributed by atoms with Gasteiger partial charge in [0.2, 0.25) is 0 Å². The molecule has 0 aliphatic rings. The predicted octanol–water partition coefficient (Wildman–Crippen LogP) is 5.12. The van der Waals surface area contributed by atoms with Crippen molar-refractivity contribution in [3.63, 3.8) is 0 Å². The Kier molecular flexibility index (Phi) is 6.02. The molecule has 4 nitrogen and oxygen atoms in total. The first-order valence-corrected chi connectivity index (χ1v) is 8.80. The van der Waals surface area contributed by atoms with E-state index in [0.717, 1.165) is 11.1 Å². The van der Waals surface area contributed by atoms with Crippen LogP contribution in [0.1, 0.15) is 31.8 Å². The summed E-state index contributed by atoms with van der Waals surface area (Å²) in [6.07, 6.45) is 3.23. The maximum atomic E-state index is 12.2. The van der Waals surface area contributed by atoms with Crippen LogP contribution >= 0.6 is 0 Å². The smallest absolute Gasteiger partial charge is 0.343 e. The van der Waals surface area contributed by atoms with Gasteiger partial charge >= 0.3 is 5.97 Å². The summed E-state index contributed by atoms with van der Waals surface area (Å²) >= 11 is 0. The molecule has 0 fully saturated rings. The van der Waals surface area contributed by atoms with Crippen molar-refractivity contribution in [2.75, 3.05) is 7.11 Å². The van der Waals surface area contributed by atoms with Crippen molar-refractivity contribution in [1.29, 1.82) is 0 Å². The fourth-order valence-corrected chi connectivity index (χ4v) is 2.53. The Bertz CT molecular complexity index is 982. The van der Waals surface area contributed by atoms with Gasteiger partial charge in [0.15, 0.2) is 5.78 Å². The van der Waals surface area contributed by atoms with Crippen LogP contribution in [-0.2, 0) is 0 Å². The van der Waals surface area contributed by atoms with Gasteiger partial charge in [0.1, 0.15) is 11.5 Å². The molecule has 0 bridgehead atoms. The zero-order valence-corrected chi connectivity index (χ0v) is 15.7. The minimum absolute atomic E-state index is 0.0995. The Balaban J connectivity index is 1.61. The highest BCUT2D eigenvalue weighted by Gasteiger charge is 2.08. The van der Waals surface area contributed by atoms with E-state index in [2.05, 4.69) is 0 Å². The highest BCUT2D eigenvalue weighted by atomic mass is 16.5. The minimum atomic E-state index is -0.405. The van der Waals surface area contributed by atoms with E-state index in [-0.39, 0.29) is 5.78 Å². The largest absolute Gasteiger partial charge is 0.497 e. The highest BCUT2D eigenvalue weighted by molar-refractivity contribution is 6.06. The molecule has 0 atom stereocenters. The number of rotatable bonds is 6. The van der Waals surface area contributed by atoms with Gasteiger partial charge < -0.3 is 9.47 Å². The third-order valence-corrected chi connectivity index (χ3v) is 4.18. The van der Waals surface area contributed by atoms with Crippen molar-refractivity contribution in [1.82, 2.24) is 0 Å². The Morgan fingerprint density at radius 2 is 1.32 bits per heavy atom. The van der Waals surface area contributed by atoms with E-state index in [0.29, 0.717) is 22.6 Å². The summed E-state index contributed by atoms with van der Waals surface area (Å²) in [5.74, 6) is 0.649. The van der Waals surface area contributed by atoms with Crippen molar-refractivity contribution in [3.8, 4) is 11.5 Å². The number of aryl methyl sites for hydroxylation is 1. The molecule has 0 saturated carbocycles. The predicted molar refractivity (Wildman–Crippen MR) is 109 cm³/mol. The second-order valence-electron chi connectivity index (χ2n) is 6.25. The molecular formula is C24H20O4. The first-order valence-electron chi connectivity index (χ1n) is 8.80. The second kappa shape index (κ2) is 8.82. The van der Waals surface area contributed by atoms with Crippen LogP contribution in [-0.4, -0.2) is 18.9 Å². The SMILES string of the molecule is COc1ccc(C(=O)C=Cc2ccc(OC(=O)c3ccc(C)cc3)cc2)cc1. The summed E-state index contributed by atoms with van der Waals surface area (Å²) in [5.41, 5.74) is 2.99. The fourth-order valence-electron chi connectivity index (χ4n) is 2.53. The lowest BCUT2D eigenvalue weighted by Gasteiger charge is -2.05. The first kappa shape index (κ1) is 19.1. The zero-order chi connectivity index (χ0) is 19.9. The molecule has 0 unspecified atom stereocenters. The molecule has 0 N–H and O–H groups in total. The van der Waals surface area contributed by atoms with E-state index < -0.39 is 5.97 Å². The van der Waals surface area contributed by atoms with Crippen LogP contribution in [0.3, 0.4) is 0 Å². The molecule has 0 aromatic heterocycles. The van der Waals surface area contributed by atoms with E-state index in [1.165, 1.54) is 6.08 Å². The maximum Gasteiger partial charge on any atom is 0.343 e. The molecule has 0 heterocycles. The number of ether oxygens (including phenoxy) is 2. The molecule has 3 rings (SSSR count). The molecule has 4 heteroatoms. The number of hydrogen-bond acceptors (Lipinski definition) is 4. The molecule has 0 saturated heterocycles. The van der Waals surface area contributed by atoms with Crippen molar-refractivity contribution >= 4 is 17.8 Å². The van der Waals surface area contributed by atoms with Crippen LogP contribution in [0.4, 0.5) is 0 Å². The van der Waals surface area contributed by atoms with E-state index in [1.807, 2.05) is 19.1 Å². The van der Waals surface area contributed by atoms with Gasteiger partial charge in [-0.1, -0.05) is 35.9 Å². The van der Waals surface area contributed by atoms with Gasteiger partial charge in [0.25, 0.3) is 0 Å². The number of carbonyl (C=O) groups excluding carboxylic acids is 2. The van der Waals surface area contributed by atoms with E-state index in [1.54, 1.807) is 73.8 Å².